The van der Waals surface area contributed by atoms with Gasteiger partial charge < -0.3 is 5.11 Å². The Morgan fingerprint density at radius 3 is 2.59 bits per heavy atom. The fourth-order valence-electron chi connectivity index (χ4n) is 1.88. The van der Waals surface area contributed by atoms with Crippen LogP contribution < -0.4 is 0 Å². The van der Waals surface area contributed by atoms with Gasteiger partial charge in [-0.3, -0.25) is 0 Å². The van der Waals surface area contributed by atoms with Crippen molar-refractivity contribution in [3.05, 3.63) is 46.7 Å². The molecule has 3 nitrogen and oxygen atoms in total. The Labute approximate surface area is 106 Å². The third kappa shape index (κ3) is 2.35. The molecule has 0 unspecified atom stereocenters. The number of nitrogens with zero attached hydrogens (tertiary/aromatic N) is 2. The maximum Gasteiger partial charge on any atom is 0.0873 e. The summed E-state index contributed by atoms with van der Waals surface area (Å²) < 4.78 is 1.78. The average molecular weight is 251 g/mol. The minimum absolute atomic E-state index is 0.669. The third-order valence-electron chi connectivity index (χ3n) is 2.72. The molecule has 0 amide bonds. The first-order valence-corrected chi connectivity index (χ1v) is 5.81. The summed E-state index contributed by atoms with van der Waals surface area (Å²) in [6.07, 6.45) is 1.69. The normalized spacial score (nSPS) is 11.8. The molecule has 0 aliphatic carbocycles. The van der Waals surface area contributed by atoms with Gasteiger partial charge >= 0.3 is 0 Å². The van der Waals surface area contributed by atoms with Crippen LogP contribution in [-0.4, -0.2) is 14.9 Å². The lowest BCUT2D eigenvalue weighted by molar-refractivity contribution is 0.0779. The van der Waals surface area contributed by atoms with E-state index in [0.717, 1.165) is 16.9 Å². The van der Waals surface area contributed by atoms with E-state index >= 15 is 0 Å². The van der Waals surface area contributed by atoms with Crippen LogP contribution >= 0.6 is 11.6 Å². The zero-order chi connectivity index (χ0) is 12.6. The van der Waals surface area contributed by atoms with Crippen molar-refractivity contribution in [2.24, 2.45) is 0 Å². The van der Waals surface area contributed by atoms with E-state index in [9.17, 15) is 5.11 Å². The van der Waals surface area contributed by atoms with Gasteiger partial charge in [-0.25, -0.2) is 4.68 Å². The van der Waals surface area contributed by atoms with E-state index in [2.05, 4.69) is 5.10 Å². The highest BCUT2D eigenvalue weighted by molar-refractivity contribution is 6.30. The molecule has 0 bridgehead atoms. The number of hydrogen-bond acceptors (Lipinski definition) is 2. The molecule has 0 saturated heterocycles. The van der Waals surface area contributed by atoms with Crippen molar-refractivity contribution in [1.29, 1.82) is 0 Å². The number of hydrogen-bond donors (Lipinski definition) is 1. The Kier molecular flexibility index (Phi) is 2.98. The van der Waals surface area contributed by atoms with E-state index < -0.39 is 5.60 Å². The molecule has 1 aromatic heterocycles. The quantitative estimate of drug-likeness (QED) is 0.890. The summed E-state index contributed by atoms with van der Waals surface area (Å²) >= 11 is 5.95. The van der Waals surface area contributed by atoms with Gasteiger partial charge in [0.15, 0.2) is 0 Å². The van der Waals surface area contributed by atoms with Crippen LogP contribution in [0.1, 0.15) is 25.1 Å². The molecule has 2 aromatic rings. The second-order valence-corrected chi connectivity index (χ2v) is 5.03. The molecule has 2 rings (SSSR count). The number of aromatic nitrogens is 2. The highest BCUT2D eigenvalue weighted by Crippen LogP contribution is 2.25. The second kappa shape index (κ2) is 4.17. The molecule has 0 fully saturated rings. The van der Waals surface area contributed by atoms with E-state index in [4.69, 9.17) is 11.6 Å². The summed E-state index contributed by atoms with van der Waals surface area (Å²) in [6.45, 7) is 5.43. The number of aliphatic hydroxyl groups is 1. The molecular formula is C13H15ClN2O. The van der Waals surface area contributed by atoms with Gasteiger partial charge in [0.2, 0.25) is 0 Å². The van der Waals surface area contributed by atoms with Crippen molar-refractivity contribution in [2.75, 3.05) is 0 Å². The maximum atomic E-state index is 10.0. The Morgan fingerprint density at radius 2 is 2.06 bits per heavy atom. The molecule has 90 valence electrons. The fraction of sp³-hybridized carbons (Fsp3) is 0.308. The Bertz CT molecular complexity index is 541. The fourth-order valence-corrected chi connectivity index (χ4v) is 2.06. The Morgan fingerprint density at radius 1 is 1.35 bits per heavy atom. The van der Waals surface area contributed by atoms with Crippen LogP contribution in [0.3, 0.4) is 0 Å². The summed E-state index contributed by atoms with van der Waals surface area (Å²) in [5.41, 5.74) is 1.74. The second-order valence-electron chi connectivity index (χ2n) is 4.59. The average Bonchev–Trinajstić information content (AvgIpc) is 2.59. The largest absolute Gasteiger partial charge is 0.386 e. The highest BCUT2D eigenvalue weighted by atomic mass is 35.5. The lowest BCUT2D eigenvalue weighted by Crippen LogP contribution is -2.16. The minimum atomic E-state index is -0.888. The van der Waals surface area contributed by atoms with Crippen LogP contribution in [0.15, 0.2) is 30.5 Å². The highest BCUT2D eigenvalue weighted by Gasteiger charge is 2.22. The SMILES string of the molecule is Cc1c(C(C)(C)O)cnn1-c1cccc(Cl)c1. The van der Waals surface area contributed by atoms with Gasteiger partial charge in [-0.15, -0.1) is 0 Å². The Hall–Kier alpha value is -1.32. The molecule has 1 aromatic carbocycles. The standard InChI is InChI=1S/C13H15ClN2O/c1-9-12(13(2,3)17)8-15-16(9)11-6-4-5-10(14)7-11/h4-8,17H,1-3H3. The molecule has 0 spiro atoms. The molecule has 1 N–H and O–H groups in total. The van der Waals surface area contributed by atoms with Gasteiger partial charge in [-0.05, 0) is 39.0 Å². The number of halogens is 1. The third-order valence-corrected chi connectivity index (χ3v) is 2.96. The summed E-state index contributed by atoms with van der Waals surface area (Å²) in [6, 6.07) is 7.47. The predicted octanol–water partition coefficient (Wildman–Crippen LogP) is 3.06. The molecule has 0 aliphatic rings. The molecule has 1 heterocycles. The summed E-state index contributed by atoms with van der Waals surface area (Å²) in [5.74, 6) is 0. The molecule has 0 aliphatic heterocycles. The molecular weight excluding hydrogens is 236 g/mol. The van der Waals surface area contributed by atoms with Crippen molar-refractivity contribution in [2.45, 2.75) is 26.4 Å². The van der Waals surface area contributed by atoms with Gasteiger partial charge in [-0.1, -0.05) is 17.7 Å². The first kappa shape index (κ1) is 12.1. The van der Waals surface area contributed by atoms with Gasteiger partial charge in [0, 0.05) is 16.3 Å². The van der Waals surface area contributed by atoms with Gasteiger partial charge in [0.05, 0.1) is 17.5 Å². The molecule has 0 atom stereocenters. The lowest BCUT2D eigenvalue weighted by Gasteiger charge is -2.16. The van der Waals surface area contributed by atoms with Crippen LogP contribution in [0.4, 0.5) is 0 Å². The molecule has 4 heteroatoms. The molecule has 0 radical (unpaired) electrons. The van der Waals surface area contributed by atoms with Crippen LogP contribution in [0.2, 0.25) is 5.02 Å². The first-order valence-electron chi connectivity index (χ1n) is 5.43. The van der Waals surface area contributed by atoms with Crippen molar-refractivity contribution < 1.29 is 5.11 Å². The first-order chi connectivity index (χ1) is 7.89. The van der Waals surface area contributed by atoms with E-state index in [1.54, 1.807) is 24.7 Å². The lowest BCUT2D eigenvalue weighted by atomic mass is 10.00. The molecule has 0 saturated carbocycles. The predicted molar refractivity (Wildman–Crippen MR) is 68.6 cm³/mol. The number of rotatable bonds is 2. The smallest absolute Gasteiger partial charge is 0.0873 e. The van der Waals surface area contributed by atoms with Crippen LogP contribution in [0.25, 0.3) is 5.69 Å². The van der Waals surface area contributed by atoms with E-state index in [0.29, 0.717) is 5.02 Å². The van der Waals surface area contributed by atoms with Crippen LogP contribution in [0.5, 0.6) is 0 Å². The minimum Gasteiger partial charge on any atom is -0.386 e. The van der Waals surface area contributed by atoms with Crippen molar-refractivity contribution in [3.63, 3.8) is 0 Å². The topological polar surface area (TPSA) is 38.1 Å². The summed E-state index contributed by atoms with van der Waals surface area (Å²) in [4.78, 5) is 0. The van der Waals surface area contributed by atoms with E-state index in [1.807, 2.05) is 31.2 Å². The summed E-state index contributed by atoms with van der Waals surface area (Å²) in [5, 5.41) is 15.0. The van der Waals surface area contributed by atoms with Gasteiger partial charge in [-0.2, -0.15) is 5.10 Å². The van der Waals surface area contributed by atoms with Crippen LogP contribution in [0, 0.1) is 6.92 Å². The van der Waals surface area contributed by atoms with E-state index in [1.165, 1.54) is 0 Å². The van der Waals surface area contributed by atoms with Gasteiger partial charge in [0.1, 0.15) is 0 Å². The monoisotopic (exact) mass is 250 g/mol. The van der Waals surface area contributed by atoms with Crippen molar-refractivity contribution in [1.82, 2.24) is 9.78 Å². The summed E-state index contributed by atoms with van der Waals surface area (Å²) in [7, 11) is 0. The molecule has 17 heavy (non-hydrogen) atoms. The van der Waals surface area contributed by atoms with Crippen molar-refractivity contribution in [3.8, 4) is 5.69 Å². The van der Waals surface area contributed by atoms with Crippen molar-refractivity contribution >= 4 is 11.6 Å². The zero-order valence-electron chi connectivity index (χ0n) is 10.1. The van der Waals surface area contributed by atoms with Crippen LogP contribution in [-0.2, 0) is 5.60 Å². The Balaban J connectivity index is 2.52. The van der Waals surface area contributed by atoms with E-state index in [-0.39, 0.29) is 0 Å². The maximum absolute atomic E-state index is 10.0. The zero-order valence-corrected chi connectivity index (χ0v) is 10.9. The van der Waals surface area contributed by atoms with Gasteiger partial charge in [0.25, 0.3) is 0 Å². The number of benzene rings is 1.